The van der Waals surface area contributed by atoms with E-state index in [-0.39, 0.29) is 36.7 Å². The second-order valence-electron chi connectivity index (χ2n) is 5.95. The van der Waals surface area contributed by atoms with Crippen LogP contribution in [0, 0.1) is 0 Å². The largest absolute Gasteiger partial charge is 0.391 e. The van der Waals surface area contributed by atoms with E-state index in [0.717, 1.165) is 4.90 Å². The van der Waals surface area contributed by atoms with Crippen molar-refractivity contribution in [3.63, 3.8) is 0 Å². The number of hydrogen-bond acceptors (Lipinski definition) is 6. The molecule has 1 saturated carbocycles. The van der Waals surface area contributed by atoms with E-state index in [1.54, 1.807) is 7.05 Å². The number of aliphatic hydroxyl groups is 1. The number of anilines is 2. The fourth-order valence-electron chi connectivity index (χ4n) is 3.38. The van der Waals surface area contributed by atoms with Crippen LogP contribution in [0.4, 0.5) is 20.5 Å². The van der Waals surface area contributed by atoms with Gasteiger partial charge in [0.25, 0.3) is 11.8 Å². The van der Waals surface area contributed by atoms with E-state index in [9.17, 15) is 18.7 Å². The quantitative estimate of drug-likeness (QED) is 0.700. The van der Waals surface area contributed by atoms with Gasteiger partial charge in [-0.3, -0.25) is 4.79 Å². The first-order valence-corrected chi connectivity index (χ1v) is 7.56. The van der Waals surface area contributed by atoms with Crippen LogP contribution in [0.1, 0.15) is 41.7 Å². The van der Waals surface area contributed by atoms with E-state index < -0.39 is 24.0 Å². The van der Waals surface area contributed by atoms with Crippen LogP contribution in [0.5, 0.6) is 0 Å². The number of carbonyl (C=O) groups is 1. The Morgan fingerprint density at radius 1 is 1.39 bits per heavy atom. The van der Waals surface area contributed by atoms with Crippen LogP contribution in [0.3, 0.4) is 0 Å². The average molecular weight is 327 g/mol. The molecule has 0 unspecified atom stereocenters. The maximum atomic E-state index is 14.5. The minimum absolute atomic E-state index is 0.0316. The summed E-state index contributed by atoms with van der Waals surface area (Å²) in [6, 6.07) is -1.56. The van der Waals surface area contributed by atoms with Gasteiger partial charge in [-0.1, -0.05) is 6.42 Å². The number of aliphatic hydroxyl groups excluding tert-OH is 1. The van der Waals surface area contributed by atoms with Crippen molar-refractivity contribution in [3.8, 4) is 0 Å². The molecule has 1 fully saturated rings. The predicted molar refractivity (Wildman–Crippen MR) is 79.1 cm³/mol. The summed E-state index contributed by atoms with van der Waals surface area (Å²) in [5.74, 6) is -3.57. The molecule has 2 atom stereocenters. The predicted octanol–water partition coefficient (Wildman–Crippen LogP) is 0.995. The number of hydrogen-bond donors (Lipinski definition) is 3. The molecule has 1 aliphatic carbocycles. The number of fused-ring (bicyclic) bond motifs is 1. The number of amides is 1. The lowest BCUT2D eigenvalue weighted by molar-refractivity contribution is -0.112. The first-order chi connectivity index (χ1) is 10.8. The van der Waals surface area contributed by atoms with Crippen LogP contribution in [0.25, 0.3) is 0 Å². The van der Waals surface area contributed by atoms with E-state index in [0.29, 0.717) is 18.5 Å². The molecule has 1 amide bonds. The van der Waals surface area contributed by atoms with Crippen LogP contribution in [-0.2, 0) is 6.54 Å². The first kappa shape index (κ1) is 15.9. The van der Waals surface area contributed by atoms with Gasteiger partial charge in [-0.2, -0.15) is 4.98 Å². The van der Waals surface area contributed by atoms with E-state index in [4.69, 9.17) is 5.73 Å². The normalized spacial score (nSPS) is 26.8. The van der Waals surface area contributed by atoms with Crippen molar-refractivity contribution < 1.29 is 18.7 Å². The molecule has 0 bridgehead atoms. The number of halogens is 2. The topological polar surface area (TPSA) is 104 Å². The summed E-state index contributed by atoms with van der Waals surface area (Å²) >= 11 is 0. The van der Waals surface area contributed by atoms with E-state index in [2.05, 4.69) is 15.3 Å². The average Bonchev–Trinajstić information content (AvgIpc) is 2.71. The Labute approximate surface area is 131 Å². The molecule has 126 valence electrons. The Morgan fingerprint density at radius 2 is 2.13 bits per heavy atom. The molecule has 1 aliphatic heterocycles. The molecular weight excluding hydrogens is 308 g/mol. The second kappa shape index (κ2) is 5.55. The summed E-state index contributed by atoms with van der Waals surface area (Å²) in [6.45, 7) is -0.104. The smallest absolute Gasteiger partial charge is 0.270 e. The lowest BCUT2D eigenvalue weighted by Crippen LogP contribution is -2.53. The van der Waals surface area contributed by atoms with Gasteiger partial charge in [-0.15, -0.1) is 0 Å². The summed E-state index contributed by atoms with van der Waals surface area (Å²) in [5.41, 5.74) is 6.04. The zero-order valence-electron chi connectivity index (χ0n) is 12.7. The fourth-order valence-corrected chi connectivity index (χ4v) is 3.38. The van der Waals surface area contributed by atoms with Gasteiger partial charge in [0.05, 0.1) is 18.3 Å². The monoisotopic (exact) mass is 327 g/mol. The third-order valence-electron chi connectivity index (χ3n) is 4.43. The fraction of sp³-hybridized carbons (Fsp3) is 0.643. The van der Waals surface area contributed by atoms with E-state index in [1.807, 2.05) is 0 Å². The minimum atomic E-state index is -3.15. The lowest BCUT2D eigenvalue weighted by atomic mass is 10.0. The van der Waals surface area contributed by atoms with Gasteiger partial charge in [0.15, 0.2) is 0 Å². The summed E-state index contributed by atoms with van der Waals surface area (Å²) in [7, 11) is 1.56. The highest BCUT2D eigenvalue weighted by atomic mass is 19.3. The molecule has 2 heterocycles. The summed E-state index contributed by atoms with van der Waals surface area (Å²) in [5, 5.41) is 12.9. The van der Waals surface area contributed by atoms with Gasteiger partial charge in [0, 0.05) is 13.5 Å². The minimum Gasteiger partial charge on any atom is -0.391 e. The number of alkyl halides is 2. The summed E-state index contributed by atoms with van der Waals surface area (Å²) in [4.78, 5) is 21.6. The Morgan fingerprint density at radius 3 is 2.83 bits per heavy atom. The highest BCUT2D eigenvalue weighted by Gasteiger charge is 2.52. The molecule has 2 aliphatic rings. The molecule has 0 aromatic carbocycles. The van der Waals surface area contributed by atoms with E-state index >= 15 is 0 Å². The molecule has 23 heavy (non-hydrogen) atoms. The van der Waals surface area contributed by atoms with Crippen molar-refractivity contribution in [1.82, 2.24) is 14.9 Å². The van der Waals surface area contributed by atoms with Gasteiger partial charge in [-0.05, 0) is 12.8 Å². The number of nitrogens with one attached hydrogen (secondary N) is 1. The molecule has 1 aromatic heterocycles. The number of nitrogens with two attached hydrogens (primary N) is 1. The van der Waals surface area contributed by atoms with Crippen molar-refractivity contribution in [3.05, 3.63) is 11.3 Å². The molecule has 0 radical (unpaired) electrons. The van der Waals surface area contributed by atoms with E-state index in [1.165, 1.54) is 0 Å². The highest BCUT2D eigenvalue weighted by Crippen LogP contribution is 2.40. The number of carbonyl (C=O) groups excluding carboxylic acids is 1. The summed E-state index contributed by atoms with van der Waals surface area (Å²) in [6.07, 6.45) is -0.538. The van der Waals surface area contributed by atoms with Crippen LogP contribution >= 0.6 is 0 Å². The molecule has 3 rings (SSSR count). The van der Waals surface area contributed by atoms with Crippen molar-refractivity contribution >= 4 is 17.7 Å². The maximum absolute atomic E-state index is 14.5. The van der Waals surface area contributed by atoms with Crippen molar-refractivity contribution in [1.29, 1.82) is 0 Å². The van der Waals surface area contributed by atoms with Gasteiger partial charge in [0.1, 0.15) is 17.4 Å². The molecule has 9 heteroatoms. The summed E-state index contributed by atoms with van der Waals surface area (Å²) < 4.78 is 28.9. The van der Waals surface area contributed by atoms with Gasteiger partial charge < -0.3 is 21.1 Å². The number of nitrogen functional groups attached to an aromatic ring is 1. The maximum Gasteiger partial charge on any atom is 0.270 e. The van der Waals surface area contributed by atoms with Crippen molar-refractivity contribution in [2.45, 2.75) is 50.3 Å². The number of rotatable bonds is 2. The molecule has 0 saturated heterocycles. The van der Waals surface area contributed by atoms with Crippen LogP contribution in [0.2, 0.25) is 0 Å². The third-order valence-corrected chi connectivity index (χ3v) is 4.43. The SMILES string of the molecule is CNc1nc(N)nc2c1C(=O)N([C@H]1[C@@H](O)CCCCC1(F)F)C2. The zero-order valence-corrected chi connectivity index (χ0v) is 12.7. The molecule has 7 nitrogen and oxygen atoms in total. The molecule has 1 aromatic rings. The second-order valence-corrected chi connectivity index (χ2v) is 5.95. The number of aromatic nitrogens is 2. The molecule has 4 N–H and O–H groups in total. The Bertz CT molecular complexity index is 640. The molecular formula is C14H19F2N5O2. The van der Waals surface area contributed by atoms with Crippen LogP contribution < -0.4 is 11.1 Å². The Kier molecular flexibility index (Phi) is 3.83. The molecule has 0 spiro atoms. The number of nitrogens with zero attached hydrogens (tertiary/aromatic N) is 3. The first-order valence-electron chi connectivity index (χ1n) is 7.56. The van der Waals surface area contributed by atoms with Crippen LogP contribution in [0.15, 0.2) is 0 Å². The van der Waals surface area contributed by atoms with Crippen LogP contribution in [-0.4, -0.2) is 51.0 Å². The van der Waals surface area contributed by atoms with Gasteiger partial charge in [0.2, 0.25) is 5.95 Å². The van der Waals surface area contributed by atoms with Crippen molar-refractivity contribution in [2.24, 2.45) is 0 Å². The highest BCUT2D eigenvalue weighted by molar-refractivity contribution is 6.02. The zero-order chi connectivity index (χ0) is 16.8. The Balaban J connectivity index is 2.00. The third kappa shape index (κ3) is 2.58. The van der Waals surface area contributed by atoms with Gasteiger partial charge >= 0.3 is 0 Å². The van der Waals surface area contributed by atoms with Gasteiger partial charge in [-0.25, -0.2) is 13.8 Å². The lowest BCUT2D eigenvalue weighted by Gasteiger charge is -2.35. The van der Waals surface area contributed by atoms with Crippen molar-refractivity contribution in [2.75, 3.05) is 18.1 Å². The Hall–Kier alpha value is -2.03. The standard InChI is InChI=1S/C14H19F2N5O2/c1-18-11-9-7(19-13(17)20-11)6-21(12(9)23)10-8(22)4-2-3-5-14(10,15)16/h8,10,22H,2-6H2,1H3,(H3,17,18,19,20)/t8-,10-/m0/s1.